The van der Waals surface area contributed by atoms with Gasteiger partial charge in [0.15, 0.2) is 0 Å². The van der Waals surface area contributed by atoms with Crippen LogP contribution in [0.3, 0.4) is 0 Å². The van der Waals surface area contributed by atoms with Gasteiger partial charge in [0.1, 0.15) is 0 Å². The molecule has 0 bridgehead atoms. The number of nitrogens with two attached hydrogens (primary N) is 1. The van der Waals surface area contributed by atoms with Gasteiger partial charge in [-0.25, -0.2) is 5.43 Å². The second-order valence-corrected chi connectivity index (χ2v) is 5.62. The Labute approximate surface area is 110 Å². The Balaban J connectivity index is 2.38. The Kier molecular flexibility index (Phi) is 3.84. The number of halogens is 1. The molecule has 0 amide bonds. The van der Waals surface area contributed by atoms with Gasteiger partial charge in [-0.1, -0.05) is 23.7 Å². The van der Waals surface area contributed by atoms with Crippen LogP contribution in [0.2, 0.25) is 5.02 Å². The minimum atomic E-state index is -0.00181. The highest BCUT2D eigenvalue weighted by molar-refractivity contribution is 7.10. The first-order chi connectivity index (χ1) is 8.11. The lowest BCUT2D eigenvalue weighted by molar-refractivity contribution is 0.638. The number of hydrogen-bond acceptors (Lipinski definition) is 3. The van der Waals surface area contributed by atoms with Crippen molar-refractivity contribution in [1.82, 2.24) is 5.43 Å². The largest absolute Gasteiger partial charge is 0.271 e. The average Bonchev–Trinajstić information content (AvgIpc) is 2.71. The first-order valence-electron chi connectivity index (χ1n) is 5.39. The van der Waals surface area contributed by atoms with E-state index in [1.54, 1.807) is 11.3 Å². The summed E-state index contributed by atoms with van der Waals surface area (Å²) in [4.78, 5) is 1.28. The number of hydrogen-bond donors (Lipinski definition) is 2. The summed E-state index contributed by atoms with van der Waals surface area (Å²) in [6.45, 7) is 4.08. The maximum atomic E-state index is 6.14. The minimum absolute atomic E-state index is 0.00181. The van der Waals surface area contributed by atoms with E-state index < -0.39 is 0 Å². The van der Waals surface area contributed by atoms with Gasteiger partial charge in [0.2, 0.25) is 0 Å². The van der Waals surface area contributed by atoms with Gasteiger partial charge in [-0.05, 0) is 48.1 Å². The molecule has 0 fully saturated rings. The van der Waals surface area contributed by atoms with E-state index in [0.717, 1.165) is 16.1 Å². The first-order valence-corrected chi connectivity index (χ1v) is 6.65. The Bertz CT molecular complexity index is 522. The molecule has 4 heteroatoms. The minimum Gasteiger partial charge on any atom is -0.271 e. The maximum Gasteiger partial charge on any atom is 0.0718 e. The van der Waals surface area contributed by atoms with Crippen LogP contribution in [0, 0.1) is 13.8 Å². The van der Waals surface area contributed by atoms with E-state index >= 15 is 0 Å². The van der Waals surface area contributed by atoms with Gasteiger partial charge in [0.05, 0.1) is 6.04 Å². The van der Waals surface area contributed by atoms with Crippen molar-refractivity contribution < 1.29 is 0 Å². The van der Waals surface area contributed by atoms with Crippen molar-refractivity contribution in [3.8, 4) is 0 Å². The van der Waals surface area contributed by atoms with Crippen molar-refractivity contribution >= 4 is 22.9 Å². The van der Waals surface area contributed by atoms with Crippen molar-refractivity contribution in [3.63, 3.8) is 0 Å². The highest BCUT2D eigenvalue weighted by Gasteiger charge is 2.14. The molecule has 2 rings (SSSR count). The number of rotatable bonds is 3. The van der Waals surface area contributed by atoms with Gasteiger partial charge in [-0.2, -0.15) is 0 Å². The molecule has 90 valence electrons. The Morgan fingerprint density at radius 3 is 2.53 bits per heavy atom. The lowest BCUT2D eigenvalue weighted by Gasteiger charge is -2.16. The van der Waals surface area contributed by atoms with Crippen LogP contribution in [-0.4, -0.2) is 0 Å². The van der Waals surface area contributed by atoms with E-state index in [0.29, 0.717) is 0 Å². The van der Waals surface area contributed by atoms with Crippen molar-refractivity contribution in [3.05, 3.63) is 56.2 Å². The zero-order valence-corrected chi connectivity index (χ0v) is 11.4. The van der Waals surface area contributed by atoms with Crippen molar-refractivity contribution in [2.24, 2.45) is 5.84 Å². The van der Waals surface area contributed by atoms with Crippen molar-refractivity contribution in [1.29, 1.82) is 0 Å². The third kappa shape index (κ3) is 2.69. The van der Waals surface area contributed by atoms with Crippen LogP contribution in [0.15, 0.2) is 29.6 Å². The first kappa shape index (κ1) is 12.6. The molecular formula is C13H15ClN2S. The molecule has 0 radical (unpaired) electrons. The van der Waals surface area contributed by atoms with E-state index in [9.17, 15) is 0 Å². The molecule has 1 aromatic heterocycles. The molecule has 1 atom stereocenters. The molecule has 0 saturated carbocycles. The predicted molar refractivity (Wildman–Crippen MR) is 74.4 cm³/mol. The molecular weight excluding hydrogens is 252 g/mol. The number of benzene rings is 1. The van der Waals surface area contributed by atoms with Gasteiger partial charge in [0.25, 0.3) is 0 Å². The third-order valence-corrected chi connectivity index (χ3v) is 4.07. The van der Waals surface area contributed by atoms with Crippen molar-refractivity contribution in [2.45, 2.75) is 19.9 Å². The van der Waals surface area contributed by atoms with Crippen LogP contribution in [0.25, 0.3) is 0 Å². The molecule has 1 unspecified atom stereocenters. The van der Waals surface area contributed by atoms with Crippen LogP contribution >= 0.6 is 22.9 Å². The topological polar surface area (TPSA) is 38.0 Å². The van der Waals surface area contributed by atoms with Crippen LogP contribution < -0.4 is 11.3 Å². The maximum absolute atomic E-state index is 6.14. The molecule has 0 aliphatic rings. The van der Waals surface area contributed by atoms with E-state index in [-0.39, 0.29) is 6.04 Å². The Morgan fingerprint density at radius 2 is 2.00 bits per heavy atom. The van der Waals surface area contributed by atoms with Crippen LogP contribution in [0.1, 0.15) is 27.6 Å². The summed E-state index contributed by atoms with van der Waals surface area (Å²) in [5.74, 6) is 5.65. The lowest BCUT2D eigenvalue weighted by atomic mass is 10.0. The molecule has 3 N–H and O–H groups in total. The van der Waals surface area contributed by atoms with E-state index in [1.807, 2.05) is 19.1 Å². The molecule has 0 saturated heterocycles. The molecule has 0 aliphatic heterocycles. The fourth-order valence-corrected chi connectivity index (χ4v) is 2.71. The van der Waals surface area contributed by atoms with Gasteiger partial charge in [-0.15, -0.1) is 11.3 Å². The number of hydrazine groups is 1. The highest BCUT2D eigenvalue weighted by atomic mass is 35.5. The average molecular weight is 267 g/mol. The van der Waals surface area contributed by atoms with E-state index in [1.165, 1.54) is 10.4 Å². The monoisotopic (exact) mass is 266 g/mol. The normalized spacial score (nSPS) is 12.7. The number of aryl methyl sites for hydroxylation is 2. The summed E-state index contributed by atoms with van der Waals surface area (Å²) in [5.41, 5.74) is 6.18. The highest BCUT2D eigenvalue weighted by Crippen LogP contribution is 2.28. The quantitative estimate of drug-likeness (QED) is 0.658. The Hall–Kier alpha value is -0.870. The smallest absolute Gasteiger partial charge is 0.0718 e. The standard InChI is InChI=1S/C13H15ClN2S/c1-8-3-4-10(6-12(8)14)13(16-15)11-5-9(2)17-7-11/h3-7,13,16H,15H2,1-2H3. The van der Waals surface area contributed by atoms with Crippen LogP contribution in [0.5, 0.6) is 0 Å². The summed E-state index contributed by atoms with van der Waals surface area (Å²) >= 11 is 7.86. The van der Waals surface area contributed by atoms with Gasteiger partial charge in [-0.3, -0.25) is 5.84 Å². The van der Waals surface area contributed by atoms with Crippen LogP contribution in [0.4, 0.5) is 0 Å². The number of thiophene rings is 1. The zero-order chi connectivity index (χ0) is 12.4. The SMILES string of the molecule is Cc1cc(C(NN)c2ccc(C)c(Cl)c2)cs1. The molecule has 2 aromatic rings. The Morgan fingerprint density at radius 1 is 1.24 bits per heavy atom. The third-order valence-electron chi connectivity index (χ3n) is 2.78. The number of nitrogens with one attached hydrogen (secondary N) is 1. The molecule has 0 aliphatic carbocycles. The molecule has 17 heavy (non-hydrogen) atoms. The summed E-state index contributed by atoms with van der Waals surface area (Å²) in [7, 11) is 0. The predicted octanol–water partition coefficient (Wildman–Crippen LogP) is 3.57. The summed E-state index contributed by atoms with van der Waals surface area (Å²) in [5, 5.41) is 2.89. The van der Waals surface area contributed by atoms with Crippen molar-refractivity contribution in [2.75, 3.05) is 0 Å². The van der Waals surface area contributed by atoms with E-state index in [2.05, 4.69) is 29.9 Å². The fourth-order valence-electron chi connectivity index (χ4n) is 1.79. The summed E-state index contributed by atoms with van der Waals surface area (Å²) < 4.78 is 0. The zero-order valence-electron chi connectivity index (χ0n) is 9.83. The molecule has 2 nitrogen and oxygen atoms in total. The van der Waals surface area contributed by atoms with Gasteiger partial charge in [0, 0.05) is 9.90 Å². The van der Waals surface area contributed by atoms with E-state index in [4.69, 9.17) is 17.4 Å². The van der Waals surface area contributed by atoms with Gasteiger partial charge >= 0.3 is 0 Å². The summed E-state index contributed by atoms with van der Waals surface area (Å²) in [6, 6.07) is 8.18. The lowest BCUT2D eigenvalue weighted by Crippen LogP contribution is -2.28. The van der Waals surface area contributed by atoms with Gasteiger partial charge < -0.3 is 0 Å². The molecule has 0 spiro atoms. The summed E-state index contributed by atoms with van der Waals surface area (Å²) in [6.07, 6.45) is 0. The van der Waals surface area contributed by atoms with Crippen LogP contribution in [-0.2, 0) is 0 Å². The molecule has 1 aromatic carbocycles. The second kappa shape index (κ2) is 5.19. The molecule has 1 heterocycles. The fraction of sp³-hybridized carbons (Fsp3) is 0.231. The second-order valence-electron chi connectivity index (χ2n) is 4.10.